The number of thiophene rings is 1. The highest BCUT2D eigenvalue weighted by Crippen LogP contribution is 2.31. The molecule has 0 radical (unpaired) electrons. The minimum atomic E-state index is -0.564. The lowest BCUT2D eigenvalue weighted by atomic mass is 10.00. The lowest BCUT2D eigenvalue weighted by molar-refractivity contribution is 0.220. The molecule has 2 aromatic heterocycles. The van der Waals surface area contributed by atoms with Gasteiger partial charge in [0.1, 0.15) is 6.10 Å². The first kappa shape index (κ1) is 13.3. The van der Waals surface area contributed by atoms with Crippen LogP contribution in [0.2, 0.25) is 0 Å². The summed E-state index contributed by atoms with van der Waals surface area (Å²) in [7, 11) is 0. The molecule has 1 unspecified atom stereocenters. The van der Waals surface area contributed by atoms with Crippen molar-refractivity contribution in [3.8, 4) is 0 Å². The summed E-state index contributed by atoms with van der Waals surface area (Å²) in [6.45, 7) is 6.11. The molecule has 3 heteroatoms. The molecule has 0 spiro atoms. The molecule has 0 amide bonds. The SMILES string of the molecule is Cc1ccc2cc(C(O)c3cc(C)sc3C)ccc2n1. The number of rotatable bonds is 2. The Morgan fingerprint density at radius 2 is 1.85 bits per heavy atom. The average molecular weight is 283 g/mol. The van der Waals surface area contributed by atoms with Crippen LogP contribution in [0.4, 0.5) is 0 Å². The van der Waals surface area contributed by atoms with Crippen LogP contribution in [0, 0.1) is 20.8 Å². The van der Waals surface area contributed by atoms with Gasteiger partial charge in [0.15, 0.2) is 0 Å². The largest absolute Gasteiger partial charge is 0.384 e. The first-order valence-electron chi connectivity index (χ1n) is 6.67. The number of benzene rings is 1. The standard InChI is InChI=1S/C17H17NOS/c1-10-4-5-13-9-14(6-7-16(13)18-10)17(19)15-8-11(2)20-12(15)3/h4-9,17,19H,1-3H3. The molecule has 1 aromatic carbocycles. The molecule has 2 nitrogen and oxygen atoms in total. The predicted molar refractivity (Wildman–Crippen MR) is 84.3 cm³/mol. The van der Waals surface area contributed by atoms with Crippen LogP contribution >= 0.6 is 11.3 Å². The van der Waals surface area contributed by atoms with Crippen LogP contribution in [-0.2, 0) is 0 Å². The van der Waals surface area contributed by atoms with E-state index in [4.69, 9.17) is 0 Å². The number of pyridine rings is 1. The molecule has 0 aliphatic heterocycles. The van der Waals surface area contributed by atoms with Crippen molar-refractivity contribution in [1.82, 2.24) is 4.98 Å². The monoisotopic (exact) mass is 283 g/mol. The first-order valence-corrected chi connectivity index (χ1v) is 7.48. The van der Waals surface area contributed by atoms with Crippen LogP contribution in [0.1, 0.15) is 32.7 Å². The molecule has 0 saturated heterocycles. The van der Waals surface area contributed by atoms with Crippen molar-refractivity contribution >= 4 is 22.2 Å². The Labute approximate surface area is 122 Å². The number of aromatic nitrogens is 1. The minimum Gasteiger partial charge on any atom is -0.384 e. The fraction of sp³-hybridized carbons (Fsp3) is 0.235. The lowest BCUT2D eigenvalue weighted by Crippen LogP contribution is -2.00. The van der Waals surface area contributed by atoms with Crippen molar-refractivity contribution < 1.29 is 5.11 Å². The molecule has 0 fully saturated rings. The Hall–Kier alpha value is -1.71. The summed E-state index contributed by atoms with van der Waals surface area (Å²) in [5.74, 6) is 0. The third kappa shape index (κ3) is 2.35. The molecule has 3 aromatic rings. The Morgan fingerprint density at radius 3 is 2.55 bits per heavy atom. The van der Waals surface area contributed by atoms with Gasteiger partial charge >= 0.3 is 0 Å². The van der Waals surface area contributed by atoms with Crippen LogP contribution in [0.25, 0.3) is 10.9 Å². The Kier molecular flexibility index (Phi) is 3.32. The van der Waals surface area contributed by atoms with Crippen molar-refractivity contribution in [1.29, 1.82) is 0 Å². The smallest absolute Gasteiger partial charge is 0.105 e. The summed E-state index contributed by atoms with van der Waals surface area (Å²) >= 11 is 1.73. The fourth-order valence-electron chi connectivity index (χ4n) is 2.52. The number of aryl methyl sites for hydroxylation is 3. The maximum atomic E-state index is 10.6. The van der Waals surface area contributed by atoms with Gasteiger partial charge in [-0.3, -0.25) is 4.98 Å². The Balaban J connectivity index is 2.05. The van der Waals surface area contributed by atoms with Crippen LogP contribution in [-0.4, -0.2) is 10.1 Å². The van der Waals surface area contributed by atoms with Gasteiger partial charge in [-0.15, -0.1) is 11.3 Å². The second-order valence-electron chi connectivity index (χ2n) is 5.18. The van der Waals surface area contributed by atoms with E-state index in [1.165, 1.54) is 9.75 Å². The van der Waals surface area contributed by atoms with E-state index < -0.39 is 6.10 Å². The van der Waals surface area contributed by atoms with Gasteiger partial charge < -0.3 is 5.11 Å². The van der Waals surface area contributed by atoms with Gasteiger partial charge in [0.25, 0.3) is 0 Å². The van der Waals surface area contributed by atoms with E-state index in [9.17, 15) is 5.11 Å². The molecule has 2 heterocycles. The van der Waals surface area contributed by atoms with E-state index in [2.05, 4.69) is 31.0 Å². The predicted octanol–water partition coefficient (Wildman–Crippen LogP) is 4.30. The van der Waals surface area contributed by atoms with E-state index >= 15 is 0 Å². The van der Waals surface area contributed by atoms with Gasteiger partial charge in [0.2, 0.25) is 0 Å². The number of fused-ring (bicyclic) bond motifs is 1. The normalized spacial score (nSPS) is 12.8. The topological polar surface area (TPSA) is 33.1 Å². The van der Waals surface area contributed by atoms with Crippen LogP contribution in [0.3, 0.4) is 0 Å². The van der Waals surface area contributed by atoms with E-state index in [1.54, 1.807) is 11.3 Å². The van der Waals surface area contributed by atoms with E-state index in [0.717, 1.165) is 27.7 Å². The Morgan fingerprint density at radius 1 is 1.05 bits per heavy atom. The maximum absolute atomic E-state index is 10.6. The average Bonchev–Trinajstić information content (AvgIpc) is 2.76. The maximum Gasteiger partial charge on any atom is 0.105 e. The summed E-state index contributed by atoms with van der Waals surface area (Å²) in [6.07, 6.45) is -0.564. The molecule has 0 aliphatic carbocycles. The third-order valence-electron chi connectivity index (χ3n) is 3.54. The molecule has 1 atom stereocenters. The highest BCUT2D eigenvalue weighted by atomic mass is 32.1. The summed E-state index contributed by atoms with van der Waals surface area (Å²) < 4.78 is 0. The molecule has 102 valence electrons. The number of hydrogen-bond acceptors (Lipinski definition) is 3. The number of hydrogen-bond donors (Lipinski definition) is 1. The van der Waals surface area contributed by atoms with Crippen molar-refractivity contribution in [2.75, 3.05) is 0 Å². The summed E-state index contributed by atoms with van der Waals surface area (Å²) in [6, 6.07) is 12.1. The van der Waals surface area contributed by atoms with E-state index in [-0.39, 0.29) is 0 Å². The number of aliphatic hydroxyl groups excluding tert-OH is 1. The first-order chi connectivity index (χ1) is 9.54. The van der Waals surface area contributed by atoms with Crippen molar-refractivity contribution in [2.24, 2.45) is 0 Å². The summed E-state index contributed by atoms with van der Waals surface area (Å²) in [4.78, 5) is 6.90. The van der Waals surface area contributed by atoms with Crippen molar-refractivity contribution in [3.05, 3.63) is 63.0 Å². The summed E-state index contributed by atoms with van der Waals surface area (Å²) in [5.41, 5.74) is 3.91. The second-order valence-corrected chi connectivity index (χ2v) is 6.64. The summed E-state index contributed by atoms with van der Waals surface area (Å²) in [5, 5.41) is 11.7. The fourth-order valence-corrected chi connectivity index (χ4v) is 3.47. The molecule has 3 rings (SSSR count). The highest BCUT2D eigenvalue weighted by Gasteiger charge is 2.15. The quantitative estimate of drug-likeness (QED) is 0.760. The molecule has 0 saturated carbocycles. The van der Waals surface area contributed by atoms with Gasteiger partial charge in [0.05, 0.1) is 5.52 Å². The van der Waals surface area contributed by atoms with Crippen molar-refractivity contribution in [3.63, 3.8) is 0 Å². The van der Waals surface area contributed by atoms with Crippen LogP contribution in [0.5, 0.6) is 0 Å². The number of nitrogens with zero attached hydrogens (tertiary/aromatic N) is 1. The minimum absolute atomic E-state index is 0.564. The Bertz CT molecular complexity index is 776. The lowest BCUT2D eigenvalue weighted by Gasteiger charge is -2.12. The van der Waals surface area contributed by atoms with Crippen molar-refractivity contribution in [2.45, 2.75) is 26.9 Å². The third-order valence-corrected chi connectivity index (χ3v) is 4.52. The van der Waals surface area contributed by atoms with Gasteiger partial charge in [-0.2, -0.15) is 0 Å². The molecule has 0 aliphatic rings. The molecule has 1 N–H and O–H groups in total. The van der Waals surface area contributed by atoms with E-state index in [0.29, 0.717) is 0 Å². The zero-order valence-electron chi connectivity index (χ0n) is 11.8. The zero-order valence-corrected chi connectivity index (χ0v) is 12.7. The van der Waals surface area contributed by atoms with E-state index in [1.807, 2.05) is 31.2 Å². The molecular weight excluding hydrogens is 266 g/mol. The molecule has 0 bridgehead atoms. The van der Waals surface area contributed by atoms with Crippen LogP contribution < -0.4 is 0 Å². The van der Waals surface area contributed by atoms with Gasteiger partial charge in [-0.1, -0.05) is 12.1 Å². The second kappa shape index (κ2) is 5.00. The number of aliphatic hydroxyl groups is 1. The highest BCUT2D eigenvalue weighted by molar-refractivity contribution is 7.12. The van der Waals surface area contributed by atoms with Crippen LogP contribution in [0.15, 0.2) is 36.4 Å². The van der Waals surface area contributed by atoms with Gasteiger partial charge in [-0.05, 0) is 56.2 Å². The molecular formula is C17H17NOS. The zero-order chi connectivity index (χ0) is 14.3. The molecule has 20 heavy (non-hydrogen) atoms. The van der Waals surface area contributed by atoms with Gasteiger partial charge in [-0.25, -0.2) is 0 Å². The van der Waals surface area contributed by atoms with Gasteiger partial charge in [0, 0.05) is 20.8 Å².